The third-order valence-electron chi connectivity index (χ3n) is 4.12. The van der Waals surface area contributed by atoms with Gasteiger partial charge < -0.3 is 4.74 Å². The fourth-order valence-corrected chi connectivity index (χ4v) is 5.90. The van der Waals surface area contributed by atoms with Gasteiger partial charge in [0.25, 0.3) is 0 Å². The number of thiophene rings is 1. The van der Waals surface area contributed by atoms with Gasteiger partial charge in [-0.2, -0.15) is 4.72 Å². The normalized spacial score (nSPS) is 13.4. The minimum Gasteiger partial charge on any atom is -0.468 e. The Balaban J connectivity index is 2.06. The summed E-state index contributed by atoms with van der Waals surface area (Å²) in [6, 6.07) is 10.2. The number of sulfonamides is 1. The Kier molecular flexibility index (Phi) is 5.57. The number of esters is 1. The van der Waals surface area contributed by atoms with Crippen LogP contribution in [0.25, 0.3) is 20.2 Å². The maximum atomic E-state index is 12.8. The highest BCUT2D eigenvalue weighted by Gasteiger charge is 2.29. The summed E-state index contributed by atoms with van der Waals surface area (Å²) in [6.07, 6.45) is 0. The molecular weight excluding hydrogens is 485 g/mol. The molecule has 0 aliphatic carbocycles. The Hall–Kier alpha value is -1.23. The molecule has 0 saturated heterocycles. The lowest BCUT2D eigenvalue weighted by Crippen LogP contribution is -2.44. The third-order valence-corrected chi connectivity index (χ3v) is 7.36. The van der Waals surface area contributed by atoms with Crippen LogP contribution in [0.2, 0.25) is 0 Å². The van der Waals surface area contributed by atoms with Gasteiger partial charge in [0.15, 0.2) is 0 Å². The average Bonchev–Trinajstić information content (AvgIpc) is 2.95. The van der Waals surface area contributed by atoms with Crippen molar-refractivity contribution < 1.29 is 17.9 Å². The number of benzene rings is 2. The third kappa shape index (κ3) is 3.73. The highest BCUT2D eigenvalue weighted by molar-refractivity contribution is 14.1. The molecule has 1 atom stereocenters. The number of ether oxygens (including phenoxy) is 1. The fourth-order valence-electron chi connectivity index (χ4n) is 2.72. The summed E-state index contributed by atoms with van der Waals surface area (Å²) in [5, 5.41) is 1.92. The summed E-state index contributed by atoms with van der Waals surface area (Å²) in [5.41, 5.74) is 0. The number of carbonyl (C=O) groups excluding carboxylic acids is 1. The number of rotatable bonds is 5. The summed E-state index contributed by atoms with van der Waals surface area (Å²) in [4.78, 5) is 12.0. The molecule has 0 unspecified atom stereocenters. The molecule has 5 nitrogen and oxygen atoms in total. The van der Waals surface area contributed by atoms with E-state index in [9.17, 15) is 13.2 Å². The summed E-state index contributed by atoms with van der Waals surface area (Å²) in [5.74, 6) is -0.828. The van der Waals surface area contributed by atoms with E-state index >= 15 is 0 Å². The van der Waals surface area contributed by atoms with Gasteiger partial charge in [0, 0.05) is 23.7 Å². The largest absolute Gasteiger partial charge is 0.468 e. The van der Waals surface area contributed by atoms with Crippen LogP contribution in [0.15, 0.2) is 41.3 Å². The molecule has 0 radical (unpaired) electrons. The first kappa shape index (κ1) is 19.5. The van der Waals surface area contributed by atoms with Crippen LogP contribution in [-0.4, -0.2) is 27.5 Å². The average molecular weight is 503 g/mol. The van der Waals surface area contributed by atoms with Gasteiger partial charge in [-0.1, -0.05) is 19.9 Å². The van der Waals surface area contributed by atoms with Crippen LogP contribution >= 0.6 is 33.9 Å². The minimum absolute atomic E-state index is 0.137. The quantitative estimate of drug-likeness (QED) is 0.420. The lowest BCUT2D eigenvalue weighted by atomic mass is 10.1. The number of halogens is 1. The molecule has 0 fully saturated rings. The molecule has 8 heteroatoms. The van der Waals surface area contributed by atoms with Crippen LogP contribution in [-0.2, 0) is 19.6 Å². The van der Waals surface area contributed by atoms with Crippen LogP contribution in [0.1, 0.15) is 13.8 Å². The Morgan fingerprint density at radius 1 is 1.12 bits per heavy atom. The molecule has 2 aromatic carbocycles. The minimum atomic E-state index is -3.85. The Morgan fingerprint density at radius 2 is 1.85 bits per heavy atom. The van der Waals surface area contributed by atoms with Crippen molar-refractivity contribution in [1.29, 1.82) is 0 Å². The van der Waals surface area contributed by atoms with E-state index in [1.807, 2.05) is 18.2 Å². The van der Waals surface area contributed by atoms with Gasteiger partial charge in [0.2, 0.25) is 10.0 Å². The van der Waals surface area contributed by atoms with Gasteiger partial charge >= 0.3 is 5.97 Å². The first-order valence-corrected chi connectivity index (χ1v) is 11.3. The smallest absolute Gasteiger partial charge is 0.324 e. The van der Waals surface area contributed by atoms with Crippen molar-refractivity contribution in [3.05, 3.63) is 40.0 Å². The molecule has 138 valence electrons. The van der Waals surface area contributed by atoms with Gasteiger partial charge in [0.1, 0.15) is 6.04 Å². The second kappa shape index (κ2) is 7.41. The standard InChI is InChI=1S/C18H18INO4S2/c1-10(2)17(18(21)24-3)20-26(22,23)12-5-7-15-14(9-12)13-6-4-11(19)8-16(13)25-15/h4-10,17,20H,1-3H3/t17-/m1/s1. The summed E-state index contributed by atoms with van der Waals surface area (Å²) in [6.45, 7) is 3.53. The van der Waals surface area contributed by atoms with Crippen LogP contribution in [0, 0.1) is 9.49 Å². The number of carbonyl (C=O) groups is 1. The molecule has 1 N–H and O–H groups in total. The maximum Gasteiger partial charge on any atom is 0.324 e. The zero-order chi connectivity index (χ0) is 19.1. The van der Waals surface area contributed by atoms with Crippen LogP contribution < -0.4 is 4.72 Å². The Morgan fingerprint density at radius 3 is 2.50 bits per heavy atom. The molecular formula is C18H18INO4S2. The second-order valence-corrected chi connectivity index (χ2v) is 10.3. The highest BCUT2D eigenvalue weighted by atomic mass is 127. The van der Waals surface area contributed by atoms with Crippen LogP contribution in [0.5, 0.6) is 0 Å². The van der Waals surface area contributed by atoms with Gasteiger partial charge in [-0.05, 0) is 58.8 Å². The topological polar surface area (TPSA) is 72.5 Å². The predicted octanol–water partition coefficient (Wildman–Crippen LogP) is 4.14. The monoisotopic (exact) mass is 503 g/mol. The van der Waals surface area contributed by atoms with E-state index < -0.39 is 22.0 Å². The van der Waals surface area contributed by atoms with Crippen molar-refractivity contribution in [2.75, 3.05) is 7.11 Å². The van der Waals surface area contributed by atoms with E-state index in [2.05, 4.69) is 33.4 Å². The zero-order valence-electron chi connectivity index (χ0n) is 14.4. The molecule has 3 aromatic rings. The van der Waals surface area contributed by atoms with Gasteiger partial charge in [-0.3, -0.25) is 4.79 Å². The van der Waals surface area contributed by atoms with Crippen molar-refractivity contribution in [1.82, 2.24) is 4.72 Å². The molecule has 0 saturated carbocycles. The van der Waals surface area contributed by atoms with Crippen molar-refractivity contribution >= 4 is 70.1 Å². The molecule has 0 spiro atoms. The predicted molar refractivity (Wildman–Crippen MR) is 113 cm³/mol. The molecule has 0 amide bonds. The lowest BCUT2D eigenvalue weighted by Gasteiger charge is -2.19. The van der Waals surface area contributed by atoms with Crippen LogP contribution in [0.4, 0.5) is 0 Å². The molecule has 0 bridgehead atoms. The van der Waals surface area contributed by atoms with Gasteiger partial charge in [-0.25, -0.2) is 8.42 Å². The van der Waals surface area contributed by atoms with Crippen LogP contribution in [0.3, 0.4) is 0 Å². The summed E-state index contributed by atoms with van der Waals surface area (Å²) >= 11 is 3.89. The number of nitrogens with one attached hydrogen (secondary N) is 1. The summed E-state index contributed by atoms with van der Waals surface area (Å²) in [7, 11) is -2.61. The Bertz CT molecular complexity index is 1090. The second-order valence-electron chi connectivity index (χ2n) is 6.27. The van der Waals surface area contributed by atoms with E-state index in [1.165, 1.54) is 7.11 Å². The van der Waals surface area contributed by atoms with E-state index in [-0.39, 0.29) is 10.8 Å². The number of fused-ring (bicyclic) bond motifs is 3. The molecule has 1 aromatic heterocycles. The van der Waals surface area contributed by atoms with Crippen molar-refractivity contribution in [2.24, 2.45) is 5.92 Å². The molecule has 3 rings (SSSR count). The Labute approximate surface area is 169 Å². The van der Waals surface area contributed by atoms with Crippen molar-refractivity contribution in [2.45, 2.75) is 24.8 Å². The molecule has 1 heterocycles. The molecule has 0 aliphatic heterocycles. The van der Waals surface area contributed by atoms with E-state index in [1.54, 1.807) is 37.3 Å². The first-order chi connectivity index (χ1) is 12.2. The van der Waals surface area contributed by atoms with Crippen molar-refractivity contribution in [3.8, 4) is 0 Å². The number of hydrogen-bond acceptors (Lipinski definition) is 5. The molecule has 26 heavy (non-hydrogen) atoms. The highest BCUT2D eigenvalue weighted by Crippen LogP contribution is 2.35. The fraction of sp³-hybridized carbons (Fsp3) is 0.278. The first-order valence-electron chi connectivity index (χ1n) is 7.95. The SMILES string of the molecule is COC(=O)[C@H](NS(=O)(=O)c1ccc2sc3cc(I)ccc3c2c1)C(C)C. The summed E-state index contributed by atoms with van der Waals surface area (Å²) < 4.78 is 36.1. The maximum absolute atomic E-state index is 12.8. The van der Waals surface area contributed by atoms with E-state index in [0.29, 0.717) is 0 Å². The van der Waals surface area contributed by atoms with Crippen molar-refractivity contribution in [3.63, 3.8) is 0 Å². The van der Waals surface area contributed by atoms with Gasteiger partial charge in [0.05, 0.1) is 12.0 Å². The van der Waals surface area contributed by atoms with E-state index in [4.69, 9.17) is 4.74 Å². The lowest BCUT2D eigenvalue weighted by molar-refractivity contribution is -0.143. The number of methoxy groups -OCH3 is 1. The van der Waals surface area contributed by atoms with Gasteiger partial charge in [-0.15, -0.1) is 11.3 Å². The number of hydrogen-bond donors (Lipinski definition) is 1. The molecule has 0 aliphatic rings. The zero-order valence-corrected chi connectivity index (χ0v) is 18.2. The van der Waals surface area contributed by atoms with E-state index in [0.717, 1.165) is 23.7 Å².